The van der Waals surface area contributed by atoms with Gasteiger partial charge in [0.2, 0.25) is 0 Å². The molecule has 0 bridgehead atoms. The zero-order valence-electron chi connectivity index (χ0n) is 13.6. The van der Waals surface area contributed by atoms with Gasteiger partial charge in [-0.2, -0.15) is 0 Å². The number of benzene rings is 1. The third kappa shape index (κ3) is 4.52. The summed E-state index contributed by atoms with van der Waals surface area (Å²) in [5.41, 5.74) is 0.996. The first-order chi connectivity index (χ1) is 11.5. The molecule has 0 saturated carbocycles. The van der Waals surface area contributed by atoms with Gasteiger partial charge in [0, 0.05) is 36.9 Å². The monoisotopic (exact) mass is 401 g/mol. The average molecular weight is 402 g/mol. The number of hydrogen-bond acceptors (Lipinski definition) is 5. The van der Waals surface area contributed by atoms with Crippen molar-refractivity contribution in [3.8, 4) is 0 Å². The Hall–Kier alpha value is -1.61. The lowest BCUT2D eigenvalue weighted by atomic mass is 10.1. The highest BCUT2D eigenvalue weighted by atomic mass is 35.5. The Balaban J connectivity index is 0.00000225. The normalized spacial score (nSPS) is 17.6. The first-order valence-corrected chi connectivity index (χ1v) is 10.0. The molecular weight excluding hydrogens is 382 g/mol. The minimum absolute atomic E-state index is 0. The second-order valence-corrected chi connectivity index (χ2v) is 8.52. The van der Waals surface area contributed by atoms with Gasteiger partial charge in [0.25, 0.3) is 15.9 Å². The van der Waals surface area contributed by atoms with Gasteiger partial charge in [-0.3, -0.25) is 9.52 Å². The molecule has 1 atom stereocenters. The highest BCUT2D eigenvalue weighted by molar-refractivity contribution is 7.94. The van der Waals surface area contributed by atoms with E-state index in [9.17, 15) is 13.2 Å². The van der Waals surface area contributed by atoms with E-state index >= 15 is 0 Å². The molecule has 0 radical (unpaired) electrons. The highest BCUT2D eigenvalue weighted by Crippen LogP contribution is 2.21. The maximum atomic E-state index is 12.6. The van der Waals surface area contributed by atoms with Gasteiger partial charge in [0.05, 0.1) is 0 Å². The van der Waals surface area contributed by atoms with Crippen LogP contribution < -0.4 is 10.0 Å². The number of carbonyl (C=O) groups excluding carboxylic acids is 1. The molecule has 25 heavy (non-hydrogen) atoms. The molecular formula is C16H20ClN3O3S2. The third-order valence-electron chi connectivity index (χ3n) is 3.91. The van der Waals surface area contributed by atoms with Gasteiger partial charge in [-0.15, -0.1) is 23.7 Å². The van der Waals surface area contributed by atoms with E-state index in [1.165, 1.54) is 0 Å². The van der Waals surface area contributed by atoms with Crippen molar-refractivity contribution in [3.05, 3.63) is 47.3 Å². The van der Waals surface area contributed by atoms with E-state index in [-0.39, 0.29) is 28.6 Å². The van der Waals surface area contributed by atoms with Gasteiger partial charge in [-0.1, -0.05) is 6.07 Å². The van der Waals surface area contributed by atoms with Crippen molar-refractivity contribution in [2.75, 3.05) is 24.4 Å². The summed E-state index contributed by atoms with van der Waals surface area (Å²) in [7, 11) is -3.57. The number of amides is 1. The maximum Gasteiger partial charge on any atom is 0.271 e. The van der Waals surface area contributed by atoms with Crippen LogP contribution in [0.4, 0.5) is 5.69 Å². The number of nitrogens with zero attached hydrogens (tertiary/aromatic N) is 1. The molecule has 0 aliphatic carbocycles. The first-order valence-electron chi connectivity index (χ1n) is 7.65. The van der Waals surface area contributed by atoms with Crippen molar-refractivity contribution in [1.82, 2.24) is 10.2 Å². The Morgan fingerprint density at radius 2 is 2.00 bits per heavy atom. The van der Waals surface area contributed by atoms with Gasteiger partial charge in [0.15, 0.2) is 0 Å². The van der Waals surface area contributed by atoms with Crippen molar-refractivity contribution < 1.29 is 13.2 Å². The van der Waals surface area contributed by atoms with E-state index in [1.54, 1.807) is 41.8 Å². The molecule has 2 heterocycles. The molecule has 6 nitrogen and oxygen atoms in total. The molecule has 3 rings (SSSR count). The van der Waals surface area contributed by atoms with Crippen LogP contribution in [0.25, 0.3) is 0 Å². The predicted octanol–water partition coefficient (Wildman–Crippen LogP) is 2.40. The lowest BCUT2D eigenvalue weighted by molar-refractivity contribution is 0.0656. The quantitative estimate of drug-likeness (QED) is 0.824. The number of thiophene rings is 1. The summed E-state index contributed by atoms with van der Waals surface area (Å²) in [5, 5.41) is 4.96. The lowest BCUT2D eigenvalue weighted by Crippen LogP contribution is -2.52. The summed E-state index contributed by atoms with van der Waals surface area (Å²) in [6.07, 6.45) is 0. The molecule has 1 aromatic heterocycles. The molecule has 1 aliphatic rings. The van der Waals surface area contributed by atoms with E-state index in [2.05, 4.69) is 10.0 Å². The molecule has 0 unspecified atom stereocenters. The second kappa shape index (κ2) is 8.18. The van der Waals surface area contributed by atoms with Crippen LogP contribution in [0.5, 0.6) is 0 Å². The largest absolute Gasteiger partial charge is 0.333 e. The molecule has 1 aromatic carbocycles. The van der Waals surface area contributed by atoms with Crippen molar-refractivity contribution >= 4 is 45.4 Å². The Bertz CT molecular complexity index is 808. The van der Waals surface area contributed by atoms with E-state index < -0.39 is 10.0 Å². The number of nitrogens with one attached hydrogen (secondary N) is 2. The van der Waals surface area contributed by atoms with E-state index in [1.807, 2.05) is 11.8 Å². The Labute approximate surface area is 157 Å². The van der Waals surface area contributed by atoms with Crippen molar-refractivity contribution in [2.45, 2.75) is 17.2 Å². The number of piperazine rings is 1. The third-order valence-corrected chi connectivity index (χ3v) is 6.68. The van der Waals surface area contributed by atoms with Crippen LogP contribution in [-0.4, -0.2) is 44.9 Å². The van der Waals surface area contributed by atoms with Crippen LogP contribution >= 0.6 is 23.7 Å². The number of anilines is 1. The van der Waals surface area contributed by atoms with E-state index in [0.717, 1.165) is 24.4 Å². The second-order valence-electron chi connectivity index (χ2n) is 5.67. The fraction of sp³-hybridized carbons (Fsp3) is 0.312. The Morgan fingerprint density at radius 3 is 2.60 bits per heavy atom. The summed E-state index contributed by atoms with van der Waals surface area (Å²) in [6.45, 7) is 4.25. The maximum absolute atomic E-state index is 12.6. The van der Waals surface area contributed by atoms with Crippen molar-refractivity contribution in [2.24, 2.45) is 0 Å². The fourth-order valence-electron chi connectivity index (χ4n) is 2.61. The number of hydrogen-bond donors (Lipinski definition) is 2. The van der Waals surface area contributed by atoms with Crippen LogP contribution in [0.2, 0.25) is 0 Å². The molecule has 0 spiro atoms. The molecule has 1 saturated heterocycles. The first kappa shape index (κ1) is 19.7. The molecule has 2 aromatic rings. The van der Waals surface area contributed by atoms with E-state index in [4.69, 9.17) is 0 Å². The predicted molar refractivity (Wildman–Crippen MR) is 102 cm³/mol. The SMILES string of the molecule is C[C@@H]1CNCCN1C(=O)c1ccc(NS(=O)(=O)c2cccs2)cc1.Cl. The lowest BCUT2D eigenvalue weighted by Gasteiger charge is -2.34. The number of rotatable bonds is 4. The zero-order chi connectivity index (χ0) is 17.2. The summed E-state index contributed by atoms with van der Waals surface area (Å²) in [4.78, 5) is 14.4. The molecule has 9 heteroatoms. The van der Waals surface area contributed by atoms with Gasteiger partial charge in [-0.05, 0) is 42.6 Å². The molecule has 2 N–H and O–H groups in total. The molecule has 1 amide bonds. The summed E-state index contributed by atoms with van der Waals surface area (Å²) in [6, 6.07) is 9.93. The Morgan fingerprint density at radius 1 is 1.28 bits per heavy atom. The molecule has 1 aliphatic heterocycles. The highest BCUT2D eigenvalue weighted by Gasteiger charge is 2.24. The van der Waals surface area contributed by atoms with Crippen molar-refractivity contribution in [1.29, 1.82) is 0 Å². The molecule has 1 fully saturated rings. The number of carbonyl (C=O) groups is 1. The minimum atomic E-state index is -3.57. The number of sulfonamides is 1. The average Bonchev–Trinajstić information content (AvgIpc) is 3.10. The smallest absolute Gasteiger partial charge is 0.271 e. The van der Waals surface area contributed by atoms with Crippen LogP contribution in [0, 0.1) is 0 Å². The topological polar surface area (TPSA) is 78.5 Å². The zero-order valence-corrected chi connectivity index (χ0v) is 16.1. The summed E-state index contributed by atoms with van der Waals surface area (Å²) >= 11 is 1.16. The fourth-order valence-corrected chi connectivity index (χ4v) is 4.66. The van der Waals surface area contributed by atoms with Crippen LogP contribution in [0.1, 0.15) is 17.3 Å². The number of halogens is 1. The Kier molecular flexibility index (Phi) is 6.45. The van der Waals surface area contributed by atoms with Crippen molar-refractivity contribution in [3.63, 3.8) is 0 Å². The van der Waals surface area contributed by atoms with Crippen LogP contribution in [0.3, 0.4) is 0 Å². The minimum Gasteiger partial charge on any atom is -0.333 e. The van der Waals surface area contributed by atoms with E-state index in [0.29, 0.717) is 17.8 Å². The van der Waals surface area contributed by atoms with Gasteiger partial charge < -0.3 is 10.2 Å². The standard InChI is InChI=1S/C16H19N3O3S2.ClH/c1-12-11-17-8-9-19(12)16(20)13-4-6-14(7-5-13)18-24(21,22)15-3-2-10-23-15;/h2-7,10,12,17-18H,8-9,11H2,1H3;1H/t12-;/m1./s1. The molecule has 136 valence electrons. The summed E-state index contributed by atoms with van der Waals surface area (Å²) in [5.74, 6) is -0.0309. The summed E-state index contributed by atoms with van der Waals surface area (Å²) < 4.78 is 27.2. The van der Waals surface area contributed by atoms with Crippen LogP contribution in [-0.2, 0) is 10.0 Å². The van der Waals surface area contributed by atoms with Gasteiger partial charge in [-0.25, -0.2) is 8.42 Å². The van der Waals surface area contributed by atoms with Crippen LogP contribution in [0.15, 0.2) is 46.0 Å². The van der Waals surface area contributed by atoms with Gasteiger partial charge in [0.1, 0.15) is 4.21 Å². The van der Waals surface area contributed by atoms with Gasteiger partial charge >= 0.3 is 0 Å².